The molecule has 0 amide bonds. The van der Waals surface area contributed by atoms with Gasteiger partial charge in [0.1, 0.15) is 0 Å². The number of aliphatic hydroxyl groups is 1. The molecule has 0 bridgehead atoms. The van der Waals surface area contributed by atoms with E-state index >= 15 is 0 Å². The predicted molar refractivity (Wildman–Crippen MR) is 59.9 cm³/mol. The number of aliphatic hydroxyl groups excluding tert-OH is 1. The standard InChI is InChI=1S/C10H13N5O/c11-9-6-2-1-3-13-10(6)15(14-9)7-4-12-5-8(7)16/h1-3,7-8,12,16H,4-5H2,(H2,11,14)/t7-,8-/m0/s1. The molecule has 3 rings (SSSR count). The Bertz CT molecular complexity index is 523. The Morgan fingerprint density at radius 2 is 2.38 bits per heavy atom. The van der Waals surface area contributed by atoms with Crippen molar-refractivity contribution >= 4 is 16.9 Å². The molecule has 16 heavy (non-hydrogen) atoms. The molecule has 3 heterocycles. The van der Waals surface area contributed by atoms with E-state index in [-0.39, 0.29) is 6.04 Å². The molecule has 0 aromatic carbocycles. The van der Waals surface area contributed by atoms with Gasteiger partial charge in [-0.15, -0.1) is 0 Å². The van der Waals surface area contributed by atoms with Crippen LogP contribution in [0.1, 0.15) is 6.04 Å². The van der Waals surface area contributed by atoms with E-state index in [1.807, 2.05) is 12.1 Å². The smallest absolute Gasteiger partial charge is 0.160 e. The van der Waals surface area contributed by atoms with E-state index in [0.29, 0.717) is 18.9 Å². The molecule has 0 unspecified atom stereocenters. The van der Waals surface area contributed by atoms with Crippen molar-refractivity contribution in [2.24, 2.45) is 0 Å². The van der Waals surface area contributed by atoms with Crippen LogP contribution < -0.4 is 11.1 Å². The van der Waals surface area contributed by atoms with Gasteiger partial charge < -0.3 is 16.2 Å². The Balaban J connectivity index is 2.16. The van der Waals surface area contributed by atoms with E-state index in [1.165, 1.54) is 0 Å². The lowest BCUT2D eigenvalue weighted by Gasteiger charge is -2.13. The number of β-amino-alcohol motifs (C(OH)–C–C–N with tert-alkyl or cyclic N) is 1. The number of nitrogen functional groups attached to an aromatic ring is 1. The lowest BCUT2D eigenvalue weighted by Crippen LogP contribution is -2.23. The fraction of sp³-hybridized carbons (Fsp3) is 0.400. The van der Waals surface area contributed by atoms with E-state index in [2.05, 4.69) is 15.4 Å². The summed E-state index contributed by atoms with van der Waals surface area (Å²) < 4.78 is 1.72. The van der Waals surface area contributed by atoms with Crippen molar-refractivity contribution in [3.05, 3.63) is 18.3 Å². The molecule has 1 aliphatic heterocycles. The highest BCUT2D eigenvalue weighted by Crippen LogP contribution is 2.24. The molecule has 1 fully saturated rings. The first kappa shape index (κ1) is 9.56. The molecule has 6 nitrogen and oxygen atoms in total. The minimum atomic E-state index is -0.440. The average Bonchev–Trinajstić information content (AvgIpc) is 2.84. The van der Waals surface area contributed by atoms with Crippen molar-refractivity contribution in [1.29, 1.82) is 0 Å². The van der Waals surface area contributed by atoms with Crippen molar-refractivity contribution in [2.75, 3.05) is 18.8 Å². The molecule has 4 N–H and O–H groups in total. The normalized spacial score (nSPS) is 25.3. The van der Waals surface area contributed by atoms with Crippen LogP contribution in [0.4, 0.5) is 5.82 Å². The number of aromatic nitrogens is 3. The highest BCUT2D eigenvalue weighted by atomic mass is 16.3. The zero-order chi connectivity index (χ0) is 11.1. The molecule has 0 saturated carbocycles. The topological polar surface area (TPSA) is 89.0 Å². The van der Waals surface area contributed by atoms with Gasteiger partial charge in [-0.25, -0.2) is 9.67 Å². The number of nitrogens with one attached hydrogen (secondary N) is 1. The van der Waals surface area contributed by atoms with Crippen LogP contribution in [0, 0.1) is 0 Å². The summed E-state index contributed by atoms with van der Waals surface area (Å²) in [4.78, 5) is 4.26. The Morgan fingerprint density at radius 3 is 3.12 bits per heavy atom. The largest absolute Gasteiger partial charge is 0.390 e. The van der Waals surface area contributed by atoms with Crippen LogP contribution in [0.3, 0.4) is 0 Å². The minimum Gasteiger partial charge on any atom is -0.390 e. The number of hydrogen-bond acceptors (Lipinski definition) is 5. The maximum Gasteiger partial charge on any atom is 0.160 e. The highest BCUT2D eigenvalue weighted by molar-refractivity contribution is 5.86. The molecular formula is C10H13N5O. The number of anilines is 1. The van der Waals surface area contributed by atoms with Gasteiger partial charge in [0.05, 0.1) is 17.5 Å². The summed E-state index contributed by atoms with van der Waals surface area (Å²) in [5, 5.41) is 18.0. The van der Waals surface area contributed by atoms with E-state index in [1.54, 1.807) is 10.9 Å². The van der Waals surface area contributed by atoms with Crippen LogP contribution in [0.15, 0.2) is 18.3 Å². The molecule has 1 aliphatic rings. The average molecular weight is 219 g/mol. The van der Waals surface area contributed by atoms with Crippen LogP contribution in [-0.2, 0) is 0 Å². The summed E-state index contributed by atoms with van der Waals surface area (Å²) in [7, 11) is 0. The maximum atomic E-state index is 9.82. The van der Waals surface area contributed by atoms with Gasteiger partial charge in [0.2, 0.25) is 0 Å². The monoisotopic (exact) mass is 219 g/mol. The lowest BCUT2D eigenvalue weighted by molar-refractivity contribution is 0.147. The SMILES string of the molecule is Nc1nn([C@H]2CNC[C@@H]2O)c2ncccc12. The zero-order valence-electron chi connectivity index (χ0n) is 8.67. The van der Waals surface area contributed by atoms with Gasteiger partial charge in [0, 0.05) is 19.3 Å². The van der Waals surface area contributed by atoms with Gasteiger partial charge in [0.15, 0.2) is 11.5 Å². The van der Waals surface area contributed by atoms with Gasteiger partial charge in [-0.2, -0.15) is 5.10 Å². The number of nitrogens with zero attached hydrogens (tertiary/aromatic N) is 3. The summed E-state index contributed by atoms with van der Waals surface area (Å²) in [6.45, 7) is 1.27. The third-order valence-electron chi connectivity index (χ3n) is 2.96. The maximum absolute atomic E-state index is 9.82. The number of hydrogen-bond donors (Lipinski definition) is 3. The second-order valence-electron chi connectivity index (χ2n) is 4.00. The Hall–Kier alpha value is -1.66. The van der Waals surface area contributed by atoms with Crippen LogP contribution in [0.5, 0.6) is 0 Å². The fourth-order valence-electron chi connectivity index (χ4n) is 2.13. The Kier molecular flexibility index (Phi) is 2.05. The third-order valence-corrected chi connectivity index (χ3v) is 2.96. The molecule has 0 spiro atoms. The molecule has 0 aliphatic carbocycles. The molecule has 0 radical (unpaired) electrons. The predicted octanol–water partition coefficient (Wildman–Crippen LogP) is -0.481. The molecular weight excluding hydrogens is 206 g/mol. The first-order chi connectivity index (χ1) is 7.77. The summed E-state index contributed by atoms with van der Waals surface area (Å²) in [6.07, 6.45) is 1.26. The van der Waals surface area contributed by atoms with Crippen molar-refractivity contribution in [3.8, 4) is 0 Å². The van der Waals surface area contributed by atoms with E-state index < -0.39 is 6.10 Å². The van der Waals surface area contributed by atoms with Crippen LogP contribution in [0.25, 0.3) is 11.0 Å². The molecule has 6 heteroatoms. The second kappa shape index (κ2) is 3.43. The van der Waals surface area contributed by atoms with Gasteiger partial charge in [-0.3, -0.25) is 0 Å². The van der Waals surface area contributed by atoms with Crippen LogP contribution in [0.2, 0.25) is 0 Å². The summed E-state index contributed by atoms with van der Waals surface area (Å²) in [5.74, 6) is 0.460. The van der Waals surface area contributed by atoms with Gasteiger partial charge in [-0.05, 0) is 12.1 Å². The van der Waals surface area contributed by atoms with Crippen molar-refractivity contribution < 1.29 is 5.11 Å². The quantitative estimate of drug-likeness (QED) is 0.602. The fourth-order valence-corrected chi connectivity index (χ4v) is 2.13. The lowest BCUT2D eigenvalue weighted by atomic mass is 10.2. The molecule has 2 aromatic heterocycles. The number of fused-ring (bicyclic) bond motifs is 1. The summed E-state index contributed by atoms with van der Waals surface area (Å²) in [6, 6.07) is 3.62. The van der Waals surface area contributed by atoms with Crippen molar-refractivity contribution in [3.63, 3.8) is 0 Å². The minimum absolute atomic E-state index is 0.0882. The first-order valence-corrected chi connectivity index (χ1v) is 5.25. The Morgan fingerprint density at radius 1 is 1.50 bits per heavy atom. The molecule has 2 atom stereocenters. The third kappa shape index (κ3) is 1.27. The van der Waals surface area contributed by atoms with Crippen LogP contribution >= 0.6 is 0 Å². The summed E-state index contributed by atoms with van der Waals surface area (Å²) >= 11 is 0. The van der Waals surface area contributed by atoms with Crippen molar-refractivity contribution in [2.45, 2.75) is 12.1 Å². The second-order valence-corrected chi connectivity index (χ2v) is 4.00. The first-order valence-electron chi connectivity index (χ1n) is 5.25. The highest BCUT2D eigenvalue weighted by Gasteiger charge is 2.29. The molecule has 1 saturated heterocycles. The Labute approximate surface area is 92.1 Å². The number of pyridine rings is 1. The van der Waals surface area contributed by atoms with E-state index in [0.717, 1.165) is 11.0 Å². The molecule has 2 aromatic rings. The number of nitrogens with two attached hydrogens (primary N) is 1. The van der Waals surface area contributed by atoms with Gasteiger partial charge in [0.25, 0.3) is 0 Å². The van der Waals surface area contributed by atoms with Gasteiger partial charge >= 0.3 is 0 Å². The zero-order valence-corrected chi connectivity index (χ0v) is 8.67. The van der Waals surface area contributed by atoms with E-state index in [9.17, 15) is 5.11 Å². The van der Waals surface area contributed by atoms with E-state index in [4.69, 9.17) is 5.73 Å². The summed E-state index contributed by atoms with van der Waals surface area (Å²) in [5.41, 5.74) is 6.55. The van der Waals surface area contributed by atoms with Crippen LogP contribution in [-0.4, -0.2) is 39.1 Å². The molecule has 84 valence electrons. The van der Waals surface area contributed by atoms with Gasteiger partial charge in [-0.1, -0.05) is 0 Å². The van der Waals surface area contributed by atoms with Crippen molar-refractivity contribution in [1.82, 2.24) is 20.1 Å². The number of rotatable bonds is 1.